The molecule has 0 aliphatic carbocycles. The van der Waals surface area contributed by atoms with E-state index in [1.54, 1.807) is 6.07 Å². The van der Waals surface area contributed by atoms with E-state index in [0.717, 1.165) is 10.4 Å². The summed E-state index contributed by atoms with van der Waals surface area (Å²) in [5, 5.41) is 7.47. The standard InChI is InChI=1S/C16H18N2O2S2/c1-10-9-13(15(19)20-3)14(22-10)18-16(21)17-11(2)12-7-5-4-6-8-12/h4-9,11H,1-3H3,(H2,17,18,21)/t11-/m0/s1. The Bertz CT molecular complexity index is 668. The number of benzene rings is 1. The second-order valence-electron chi connectivity index (χ2n) is 4.82. The maximum Gasteiger partial charge on any atom is 0.340 e. The molecule has 0 fully saturated rings. The van der Waals surface area contributed by atoms with Crippen molar-refractivity contribution in [2.45, 2.75) is 19.9 Å². The number of anilines is 1. The summed E-state index contributed by atoms with van der Waals surface area (Å²) in [6.45, 7) is 3.97. The Kier molecular flexibility index (Phi) is 5.51. The fourth-order valence-electron chi connectivity index (χ4n) is 2.03. The monoisotopic (exact) mass is 334 g/mol. The van der Waals surface area contributed by atoms with Crippen LogP contribution in [0.4, 0.5) is 5.00 Å². The average Bonchev–Trinajstić information content (AvgIpc) is 2.87. The molecule has 0 saturated carbocycles. The van der Waals surface area contributed by atoms with Crippen LogP contribution in [0.2, 0.25) is 0 Å². The molecule has 6 heteroatoms. The highest BCUT2D eigenvalue weighted by atomic mass is 32.1. The number of esters is 1. The summed E-state index contributed by atoms with van der Waals surface area (Å²) in [7, 11) is 1.37. The molecule has 1 atom stereocenters. The molecule has 0 unspecified atom stereocenters. The van der Waals surface area contributed by atoms with Gasteiger partial charge in [-0.15, -0.1) is 11.3 Å². The van der Waals surface area contributed by atoms with Gasteiger partial charge in [0.15, 0.2) is 5.11 Å². The molecule has 1 aromatic heterocycles. The normalized spacial score (nSPS) is 11.6. The van der Waals surface area contributed by atoms with E-state index >= 15 is 0 Å². The van der Waals surface area contributed by atoms with Crippen LogP contribution in [-0.4, -0.2) is 18.2 Å². The summed E-state index contributed by atoms with van der Waals surface area (Å²) in [6.07, 6.45) is 0. The topological polar surface area (TPSA) is 50.4 Å². The van der Waals surface area contributed by atoms with Gasteiger partial charge in [0.05, 0.1) is 18.7 Å². The molecule has 2 aromatic rings. The number of carbonyl (C=O) groups excluding carboxylic acids is 1. The fraction of sp³-hybridized carbons (Fsp3) is 0.250. The molecule has 1 heterocycles. The summed E-state index contributed by atoms with van der Waals surface area (Å²) in [6, 6.07) is 11.9. The Morgan fingerprint density at radius 3 is 2.64 bits per heavy atom. The Labute approximate surface area is 139 Å². The third kappa shape index (κ3) is 4.05. The third-order valence-electron chi connectivity index (χ3n) is 3.13. The Hall–Kier alpha value is -1.92. The molecule has 0 saturated heterocycles. The largest absolute Gasteiger partial charge is 0.465 e. The number of hydrogen-bond donors (Lipinski definition) is 2. The lowest BCUT2D eigenvalue weighted by molar-refractivity contribution is 0.0602. The van der Waals surface area contributed by atoms with Crippen molar-refractivity contribution in [2.24, 2.45) is 0 Å². The lowest BCUT2D eigenvalue weighted by Crippen LogP contribution is -2.31. The number of rotatable bonds is 4. The zero-order valence-corrected chi connectivity index (χ0v) is 14.3. The highest BCUT2D eigenvalue weighted by Gasteiger charge is 2.16. The first-order valence-electron chi connectivity index (χ1n) is 6.82. The number of thiocarbonyl (C=S) groups is 1. The van der Waals surface area contributed by atoms with E-state index in [4.69, 9.17) is 17.0 Å². The first kappa shape index (κ1) is 16.5. The summed E-state index contributed by atoms with van der Waals surface area (Å²) in [5.74, 6) is -0.370. The molecule has 2 rings (SSSR count). The number of hydrogen-bond acceptors (Lipinski definition) is 4. The van der Waals surface area contributed by atoms with Crippen molar-refractivity contribution in [3.63, 3.8) is 0 Å². The number of thiophene rings is 1. The predicted molar refractivity (Wildman–Crippen MR) is 94.6 cm³/mol. The smallest absolute Gasteiger partial charge is 0.340 e. The molecular weight excluding hydrogens is 316 g/mol. The van der Waals surface area contributed by atoms with E-state index < -0.39 is 0 Å². The van der Waals surface area contributed by atoms with Gasteiger partial charge in [0.1, 0.15) is 5.00 Å². The average molecular weight is 334 g/mol. The fourth-order valence-corrected chi connectivity index (χ4v) is 3.28. The highest BCUT2D eigenvalue weighted by Crippen LogP contribution is 2.28. The molecule has 0 aliphatic rings. The van der Waals surface area contributed by atoms with Crippen molar-refractivity contribution in [1.82, 2.24) is 5.32 Å². The van der Waals surface area contributed by atoms with Gasteiger partial charge in [-0.3, -0.25) is 0 Å². The minimum atomic E-state index is -0.370. The molecule has 22 heavy (non-hydrogen) atoms. The molecule has 2 N–H and O–H groups in total. The predicted octanol–water partition coefficient (Wildman–Crippen LogP) is 3.89. The van der Waals surface area contributed by atoms with E-state index in [0.29, 0.717) is 15.7 Å². The molecule has 116 valence electrons. The van der Waals surface area contributed by atoms with E-state index in [9.17, 15) is 4.79 Å². The first-order chi connectivity index (χ1) is 10.5. The van der Waals surface area contributed by atoms with Crippen molar-refractivity contribution < 1.29 is 9.53 Å². The lowest BCUT2D eigenvalue weighted by Gasteiger charge is -2.17. The second-order valence-corrected chi connectivity index (χ2v) is 6.49. The zero-order valence-electron chi connectivity index (χ0n) is 12.7. The van der Waals surface area contributed by atoms with Gasteiger partial charge in [-0.2, -0.15) is 0 Å². The molecule has 1 aromatic carbocycles. The number of carbonyl (C=O) groups is 1. The van der Waals surface area contributed by atoms with Gasteiger partial charge in [0.2, 0.25) is 0 Å². The number of methoxy groups -OCH3 is 1. The van der Waals surface area contributed by atoms with Gasteiger partial charge in [-0.25, -0.2) is 4.79 Å². The summed E-state index contributed by atoms with van der Waals surface area (Å²) in [4.78, 5) is 12.8. The van der Waals surface area contributed by atoms with Gasteiger partial charge >= 0.3 is 5.97 Å². The van der Waals surface area contributed by atoms with Crippen LogP contribution in [0, 0.1) is 6.92 Å². The minimum absolute atomic E-state index is 0.0730. The van der Waals surface area contributed by atoms with Crippen molar-refractivity contribution in [3.05, 3.63) is 52.4 Å². The maximum atomic E-state index is 11.8. The number of nitrogens with one attached hydrogen (secondary N) is 2. The van der Waals surface area contributed by atoms with E-state index in [1.807, 2.05) is 44.2 Å². The van der Waals surface area contributed by atoms with Crippen molar-refractivity contribution >= 4 is 39.6 Å². The molecule has 0 bridgehead atoms. The second kappa shape index (κ2) is 7.38. The van der Waals surface area contributed by atoms with Gasteiger partial charge in [0.25, 0.3) is 0 Å². The van der Waals surface area contributed by atoms with Crippen LogP contribution in [-0.2, 0) is 4.74 Å². The van der Waals surface area contributed by atoms with Crippen molar-refractivity contribution in [3.8, 4) is 0 Å². The molecule has 0 spiro atoms. The van der Waals surface area contributed by atoms with Crippen LogP contribution >= 0.6 is 23.6 Å². The highest BCUT2D eigenvalue weighted by molar-refractivity contribution is 7.80. The molecule has 0 amide bonds. The Balaban J connectivity index is 2.05. The number of aryl methyl sites for hydroxylation is 1. The first-order valence-corrected chi connectivity index (χ1v) is 8.05. The van der Waals surface area contributed by atoms with Gasteiger partial charge < -0.3 is 15.4 Å². The van der Waals surface area contributed by atoms with Crippen LogP contribution in [0.15, 0.2) is 36.4 Å². The Morgan fingerprint density at radius 2 is 2.00 bits per heavy atom. The SMILES string of the molecule is COC(=O)c1cc(C)sc1NC(=S)N[C@@H](C)c1ccccc1. The van der Waals surface area contributed by atoms with Crippen molar-refractivity contribution in [2.75, 3.05) is 12.4 Å². The molecule has 0 aliphatic heterocycles. The molecule has 4 nitrogen and oxygen atoms in total. The quantitative estimate of drug-likeness (QED) is 0.656. The van der Waals surface area contributed by atoms with Crippen LogP contribution in [0.5, 0.6) is 0 Å². The minimum Gasteiger partial charge on any atom is -0.465 e. The van der Waals surface area contributed by atoms with Gasteiger partial charge in [-0.1, -0.05) is 30.3 Å². The maximum absolute atomic E-state index is 11.8. The lowest BCUT2D eigenvalue weighted by atomic mass is 10.1. The van der Waals surface area contributed by atoms with Crippen molar-refractivity contribution in [1.29, 1.82) is 0 Å². The van der Waals surface area contributed by atoms with Crippen LogP contribution in [0.3, 0.4) is 0 Å². The third-order valence-corrected chi connectivity index (χ3v) is 4.32. The molecular formula is C16H18N2O2S2. The van der Waals surface area contributed by atoms with E-state index in [2.05, 4.69) is 10.6 Å². The van der Waals surface area contributed by atoms with Gasteiger partial charge in [-0.05, 0) is 37.7 Å². The van der Waals surface area contributed by atoms with Gasteiger partial charge in [0, 0.05) is 4.88 Å². The number of ether oxygens (including phenoxy) is 1. The van der Waals surface area contributed by atoms with Crippen LogP contribution in [0.1, 0.15) is 33.8 Å². The van der Waals surface area contributed by atoms with Crippen LogP contribution in [0.25, 0.3) is 0 Å². The summed E-state index contributed by atoms with van der Waals surface area (Å²) >= 11 is 6.81. The zero-order chi connectivity index (χ0) is 16.1. The summed E-state index contributed by atoms with van der Waals surface area (Å²) in [5.41, 5.74) is 1.64. The van der Waals surface area contributed by atoms with E-state index in [-0.39, 0.29) is 12.0 Å². The van der Waals surface area contributed by atoms with Crippen LogP contribution < -0.4 is 10.6 Å². The van der Waals surface area contributed by atoms with E-state index in [1.165, 1.54) is 18.4 Å². The molecule has 0 radical (unpaired) electrons. The Morgan fingerprint density at radius 1 is 1.32 bits per heavy atom. The summed E-state index contributed by atoms with van der Waals surface area (Å²) < 4.78 is 4.79.